The number of benzene rings is 1. The molecule has 18 heavy (non-hydrogen) atoms. The van der Waals surface area contributed by atoms with Gasteiger partial charge in [0.1, 0.15) is 5.75 Å². The van der Waals surface area contributed by atoms with Crippen molar-refractivity contribution in [3.8, 4) is 5.75 Å². The molecule has 0 atom stereocenters. The Bertz CT molecular complexity index is 546. The van der Waals surface area contributed by atoms with Crippen molar-refractivity contribution in [2.75, 3.05) is 12.8 Å². The molecule has 1 heterocycles. The summed E-state index contributed by atoms with van der Waals surface area (Å²) in [6, 6.07) is 7.51. The summed E-state index contributed by atoms with van der Waals surface area (Å²) in [6.07, 6.45) is 1.77. The Balaban J connectivity index is 2.12. The Hall–Kier alpha value is -1.75. The number of nitrogens with zero attached hydrogens (tertiary/aromatic N) is 2. The first-order valence-electron chi connectivity index (χ1n) is 5.54. The third-order valence-electron chi connectivity index (χ3n) is 2.43. The van der Waals surface area contributed by atoms with Gasteiger partial charge in [0.25, 0.3) is 0 Å². The van der Waals surface area contributed by atoms with E-state index in [1.807, 2.05) is 31.2 Å². The number of aromatic nitrogens is 2. The van der Waals surface area contributed by atoms with Crippen LogP contribution >= 0.6 is 11.8 Å². The Morgan fingerprint density at radius 3 is 2.89 bits per heavy atom. The number of nitrogens with two attached hydrogens (primary N) is 1. The summed E-state index contributed by atoms with van der Waals surface area (Å²) in [4.78, 5) is 8.56. The van der Waals surface area contributed by atoms with E-state index in [1.165, 1.54) is 0 Å². The number of nitrogen functional groups attached to an aromatic ring is 1. The average molecular weight is 261 g/mol. The van der Waals surface area contributed by atoms with Crippen LogP contribution in [0.25, 0.3) is 0 Å². The minimum absolute atomic E-state index is 0.733. The van der Waals surface area contributed by atoms with Crippen molar-refractivity contribution in [3.05, 3.63) is 41.7 Å². The first-order valence-corrected chi connectivity index (χ1v) is 6.52. The minimum atomic E-state index is 0.733. The normalized spacial score (nSPS) is 10.3. The van der Waals surface area contributed by atoms with Gasteiger partial charge in [-0.05, 0) is 31.2 Å². The molecule has 0 aliphatic heterocycles. The highest BCUT2D eigenvalue weighted by Crippen LogP contribution is 2.27. The van der Waals surface area contributed by atoms with Gasteiger partial charge in [-0.2, -0.15) is 0 Å². The highest BCUT2D eigenvalue weighted by atomic mass is 32.2. The fourth-order valence-corrected chi connectivity index (χ4v) is 2.40. The van der Waals surface area contributed by atoms with Crippen molar-refractivity contribution in [1.29, 1.82) is 0 Å². The Morgan fingerprint density at radius 1 is 1.33 bits per heavy atom. The number of anilines is 1. The fraction of sp³-hybridized carbons (Fsp3) is 0.231. The molecule has 0 bridgehead atoms. The lowest BCUT2D eigenvalue weighted by atomic mass is 10.2. The van der Waals surface area contributed by atoms with Gasteiger partial charge in [0.2, 0.25) is 0 Å². The SMILES string of the molecule is COc1ccc(N)cc1CSc1nccc(C)n1. The molecular weight excluding hydrogens is 246 g/mol. The van der Waals surface area contributed by atoms with Crippen molar-refractivity contribution in [1.82, 2.24) is 9.97 Å². The van der Waals surface area contributed by atoms with Gasteiger partial charge >= 0.3 is 0 Å². The highest BCUT2D eigenvalue weighted by molar-refractivity contribution is 7.98. The molecule has 0 radical (unpaired) electrons. The number of rotatable bonds is 4. The van der Waals surface area contributed by atoms with Crippen LogP contribution in [0.4, 0.5) is 5.69 Å². The van der Waals surface area contributed by atoms with Gasteiger partial charge in [0.15, 0.2) is 5.16 Å². The Morgan fingerprint density at radius 2 is 2.17 bits per heavy atom. The molecule has 0 spiro atoms. The largest absolute Gasteiger partial charge is 0.496 e. The molecule has 2 N–H and O–H groups in total. The van der Waals surface area contributed by atoms with E-state index < -0.39 is 0 Å². The van der Waals surface area contributed by atoms with Gasteiger partial charge in [-0.25, -0.2) is 9.97 Å². The predicted octanol–water partition coefficient (Wildman–Crippen LogP) is 2.67. The molecule has 1 aromatic carbocycles. The summed E-state index contributed by atoms with van der Waals surface area (Å²) in [6.45, 7) is 1.95. The van der Waals surface area contributed by atoms with Crippen molar-refractivity contribution in [3.63, 3.8) is 0 Å². The highest BCUT2D eigenvalue weighted by Gasteiger charge is 2.05. The standard InChI is InChI=1S/C13H15N3OS/c1-9-5-6-15-13(16-9)18-8-10-7-11(14)3-4-12(10)17-2/h3-7H,8,14H2,1-2H3. The third-order valence-corrected chi connectivity index (χ3v) is 3.34. The fourth-order valence-electron chi connectivity index (χ4n) is 1.55. The quantitative estimate of drug-likeness (QED) is 0.521. The van der Waals surface area contributed by atoms with Crippen molar-refractivity contribution in [2.24, 2.45) is 0 Å². The van der Waals surface area contributed by atoms with Crippen LogP contribution in [0, 0.1) is 6.92 Å². The molecule has 0 saturated carbocycles. The smallest absolute Gasteiger partial charge is 0.188 e. The zero-order chi connectivity index (χ0) is 13.0. The predicted molar refractivity (Wildman–Crippen MR) is 73.7 cm³/mol. The molecule has 94 valence electrons. The van der Waals surface area contributed by atoms with E-state index in [1.54, 1.807) is 25.1 Å². The summed E-state index contributed by atoms with van der Waals surface area (Å²) in [5.74, 6) is 1.57. The van der Waals surface area contributed by atoms with Crippen LogP contribution in [0.1, 0.15) is 11.3 Å². The lowest BCUT2D eigenvalue weighted by Gasteiger charge is -2.08. The number of thioether (sulfide) groups is 1. The third kappa shape index (κ3) is 3.13. The Kier molecular flexibility index (Phi) is 4.04. The second-order valence-electron chi connectivity index (χ2n) is 3.84. The maximum atomic E-state index is 5.78. The molecular formula is C13H15N3OS. The van der Waals surface area contributed by atoms with Gasteiger partial charge in [-0.15, -0.1) is 0 Å². The van der Waals surface area contributed by atoms with Gasteiger partial charge in [-0.3, -0.25) is 0 Å². The van der Waals surface area contributed by atoms with Crippen molar-refractivity contribution < 1.29 is 4.74 Å². The van der Waals surface area contributed by atoms with Crippen molar-refractivity contribution in [2.45, 2.75) is 17.8 Å². The van der Waals surface area contributed by atoms with E-state index in [9.17, 15) is 0 Å². The van der Waals surface area contributed by atoms with Crippen LogP contribution in [0.3, 0.4) is 0 Å². The Labute approximate surface area is 111 Å². The maximum Gasteiger partial charge on any atom is 0.188 e. The molecule has 0 saturated heterocycles. The van der Waals surface area contributed by atoms with Gasteiger partial charge in [0.05, 0.1) is 7.11 Å². The second kappa shape index (κ2) is 5.73. The summed E-state index contributed by atoms with van der Waals surface area (Å²) >= 11 is 1.57. The van der Waals surface area contributed by atoms with Gasteiger partial charge < -0.3 is 10.5 Å². The van der Waals surface area contributed by atoms with Crippen LogP contribution in [0.2, 0.25) is 0 Å². The molecule has 0 amide bonds. The molecule has 0 fully saturated rings. The zero-order valence-electron chi connectivity index (χ0n) is 10.4. The summed E-state index contributed by atoms with van der Waals surface area (Å²) in [5, 5.41) is 0.763. The number of hydrogen-bond donors (Lipinski definition) is 1. The van der Waals surface area contributed by atoms with Crippen LogP contribution in [-0.4, -0.2) is 17.1 Å². The van der Waals surface area contributed by atoms with E-state index in [0.717, 1.165) is 33.6 Å². The number of hydrogen-bond acceptors (Lipinski definition) is 5. The topological polar surface area (TPSA) is 61.0 Å². The molecule has 4 nitrogen and oxygen atoms in total. The number of aryl methyl sites for hydroxylation is 1. The first-order chi connectivity index (χ1) is 8.69. The van der Waals surface area contributed by atoms with Gasteiger partial charge in [0, 0.05) is 28.9 Å². The van der Waals surface area contributed by atoms with E-state index in [-0.39, 0.29) is 0 Å². The number of ether oxygens (including phenoxy) is 1. The minimum Gasteiger partial charge on any atom is -0.496 e. The molecule has 2 aromatic rings. The maximum absolute atomic E-state index is 5.78. The monoisotopic (exact) mass is 261 g/mol. The van der Waals surface area contributed by atoms with E-state index >= 15 is 0 Å². The first kappa shape index (κ1) is 12.7. The molecule has 1 aromatic heterocycles. The lowest BCUT2D eigenvalue weighted by Crippen LogP contribution is -1.94. The molecule has 0 aliphatic rings. The summed E-state index contributed by atoms with van der Waals surface area (Å²) in [7, 11) is 1.66. The lowest BCUT2D eigenvalue weighted by molar-refractivity contribution is 0.411. The van der Waals surface area contributed by atoms with E-state index in [2.05, 4.69) is 9.97 Å². The van der Waals surface area contributed by atoms with Gasteiger partial charge in [-0.1, -0.05) is 11.8 Å². The second-order valence-corrected chi connectivity index (χ2v) is 4.78. The zero-order valence-corrected chi connectivity index (χ0v) is 11.2. The molecule has 0 unspecified atom stereocenters. The summed E-state index contributed by atoms with van der Waals surface area (Å²) < 4.78 is 5.30. The van der Waals surface area contributed by atoms with E-state index in [0.29, 0.717) is 0 Å². The van der Waals surface area contributed by atoms with Crippen LogP contribution in [-0.2, 0) is 5.75 Å². The van der Waals surface area contributed by atoms with Crippen LogP contribution in [0.15, 0.2) is 35.6 Å². The molecule has 5 heteroatoms. The molecule has 2 rings (SSSR count). The van der Waals surface area contributed by atoms with E-state index in [4.69, 9.17) is 10.5 Å². The van der Waals surface area contributed by atoms with Crippen LogP contribution in [0.5, 0.6) is 5.75 Å². The van der Waals surface area contributed by atoms with Crippen LogP contribution < -0.4 is 10.5 Å². The number of methoxy groups -OCH3 is 1. The molecule has 0 aliphatic carbocycles. The van der Waals surface area contributed by atoms with Crippen molar-refractivity contribution >= 4 is 17.4 Å². The summed E-state index contributed by atoms with van der Waals surface area (Å²) in [5.41, 5.74) is 8.53. The average Bonchev–Trinajstić information content (AvgIpc) is 2.37.